The zero-order valence-electron chi connectivity index (χ0n) is 22.9. The largest absolute Gasteiger partial charge is 0.475 e. The number of thiol groups is 1. The minimum Gasteiger partial charge on any atom is -0.387 e. The molecule has 24 heteroatoms. The predicted octanol–water partition coefficient (Wildman–Crippen LogP) is 0.934. The summed E-state index contributed by atoms with van der Waals surface area (Å²) in [6.45, 7) is -5.62. The second-order valence-corrected chi connectivity index (χ2v) is 14.7. The van der Waals surface area contributed by atoms with Crippen LogP contribution >= 0.6 is 26.9 Å². The van der Waals surface area contributed by atoms with E-state index in [-0.39, 0.29) is 34.0 Å². The second kappa shape index (κ2) is 11.4. The third kappa shape index (κ3) is 5.38. The van der Waals surface area contributed by atoms with Gasteiger partial charge in [0.2, 0.25) is 0 Å². The maximum atomic E-state index is 16.1. The first kappa shape index (κ1) is 30.8. The van der Waals surface area contributed by atoms with Gasteiger partial charge in [-0.2, -0.15) is 0 Å². The molecule has 10 atom stereocenters. The van der Waals surface area contributed by atoms with E-state index >= 15 is 4.39 Å². The van der Waals surface area contributed by atoms with Gasteiger partial charge in [-0.3, -0.25) is 31.8 Å². The van der Waals surface area contributed by atoms with Crippen molar-refractivity contribution in [2.45, 2.75) is 49.1 Å². The lowest BCUT2D eigenvalue weighted by atomic mass is 10.1. The Hall–Kier alpha value is -2.88. The maximum absolute atomic E-state index is 16.1. The molecule has 4 aromatic heterocycles. The molecule has 7 rings (SSSR count). The Morgan fingerprint density at radius 1 is 0.889 bits per heavy atom. The van der Waals surface area contributed by atoms with Gasteiger partial charge >= 0.3 is 14.6 Å². The molecular formula is C21H25FN10O10P2S. The SMILES string of the molecule is COP1(=O)OCC2OC(n3cnc4c(N)ncnc43)C(O[P@@](=O)(S)OC[C@H]3O[C@@H](n4cnc5c(N)ncnc54)C(F)C3O1)C2O. The number of rotatable bonds is 3. The van der Waals surface area contributed by atoms with E-state index in [9.17, 15) is 14.2 Å². The van der Waals surface area contributed by atoms with Crippen molar-refractivity contribution >= 4 is 60.8 Å². The quantitative estimate of drug-likeness (QED) is 0.172. The number of alkyl halides is 1. The van der Waals surface area contributed by atoms with Gasteiger partial charge < -0.3 is 26.0 Å². The highest BCUT2D eigenvalue weighted by Crippen LogP contribution is 2.59. The molecule has 0 radical (unpaired) electrons. The van der Waals surface area contributed by atoms with Crippen molar-refractivity contribution in [2.75, 3.05) is 31.8 Å². The first-order valence-electron chi connectivity index (χ1n) is 13.1. The smallest absolute Gasteiger partial charge is 0.387 e. The molecule has 7 unspecified atom stereocenters. The molecule has 3 aliphatic heterocycles. The number of hydrogen-bond donors (Lipinski definition) is 4. The Kier molecular flexibility index (Phi) is 7.81. The van der Waals surface area contributed by atoms with Gasteiger partial charge in [-0.15, -0.1) is 0 Å². The highest BCUT2D eigenvalue weighted by Gasteiger charge is 2.54. The van der Waals surface area contributed by atoms with E-state index in [1.54, 1.807) is 0 Å². The molecule has 7 heterocycles. The van der Waals surface area contributed by atoms with Crippen molar-refractivity contribution in [3.63, 3.8) is 0 Å². The number of anilines is 2. The third-order valence-electron chi connectivity index (χ3n) is 7.43. The van der Waals surface area contributed by atoms with Crippen LogP contribution in [0.3, 0.4) is 0 Å². The standard InChI is InChI=1S/C21H25FN10O10P2S/c1-36-43(34)37-2-8-13(33)15(21(39-8)32-7-30-12-17(24)26-5-28-19(12)32)42-44(35,45)38-3-9-14(41-43)10(22)20(40-9)31-6-29-11-16(23)25-4-27-18(11)31/h4-10,13-15,20-21,33H,2-3H2,1H3,(H,35,45)(H2,23,25,27)(H2,24,26,28)/t8?,9-,10?,13?,14?,15?,20-,21?,43?,44+/m1/s1. The molecule has 45 heavy (non-hydrogen) atoms. The number of ether oxygens (including phenoxy) is 2. The van der Waals surface area contributed by atoms with E-state index in [4.69, 9.17) is 43.6 Å². The molecule has 3 aliphatic rings. The van der Waals surface area contributed by atoms with Crippen molar-refractivity contribution in [1.29, 1.82) is 0 Å². The van der Waals surface area contributed by atoms with Crippen LogP contribution in [0, 0.1) is 0 Å². The summed E-state index contributed by atoms with van der Waals surface area (Å²) in [7, 11) is -3.54. The minimum absolute atomic E-state index is 0.0525. The normalized spacial score (nSPS) is 37.7. The Morgan fingerprint density at radius 2 is 1.47 bits per heavy atom. The highest BCUT2D eigenvalue weighted by molar-refractivity contribution is 8.44. The van der Waals surface area contributed by atoms with Crippen LogP contribution in [0.15, 0.2) is 25.3 Å². The molecule has 0 saturated carbocycles. The number of hydrogen-bond acceptors (Lipinski definition) is 18. The first-order chi connectivity index (χ1) is 21.5. The number of halogens is 1. The minimum atomic E-state index is -4.57. The number of nitrogens with two attached hydrogens (primary N) is 2. The van der Waals surface area contributed by atoms with E-state index in [1.807, 2.05) is 0 Å². The topological polar surface area (TPSA) is 258 Å². The summed E-state index contributed by atoms with van der Waals surface area (Å²) in [5.74, 6) is 0.130. The molecule has 3 fully saturated rings. The summed E-state index contributed by atoms with van der Waals surface area (Å²) in [4.78, 5) is 24.3. The second-order valence-electron chi connectivity index (χ2n) is 10.1. The molecule has 4 aromatic rings. The number of nitrogens with zero attached hydrogens (tertiary/aromatic N) is 8. The Morgan fingerprint density at radius 3 is 2.09 bits per heavy atom. The maximum Gasteiger partial charge on any atom is 0.475 e. The van der Waals surface area contributed by atoms with Gasteiger partial charge in [-0.25, -0.2) is 43.4 Å². The van der Waals surface area contributed by atoms with E-state index in [0.717, 1.165) is 7.11 Å². The van der Waals surface area contributed by atoms with Crippen LogP contribution in [0.4, 0.5) is 16.0 Å². The molecule has 0 amide bonds. The van der Waals surface area contributed by atoms with Gasteiger partial charge in [-0.1, -0.05) is 12.2 Å². The number of phosphoric acid groups is 1. The molecule has 242 valence electrons. The van der Waals surface area contributed by atoms with Crippen LogP contribution in [-0.2, 0) is 41.2 Å². The van der Waals surface area contributed by atoms with Gasteiger partial charge in [-0.05, 0) is 0 Å². The van der Waals surface area contributed by atoms with Crippen LogP contribution < -0.4 is 11.5 Å². The Bertz CT molecular complexity index is 1850. The van der Waals surface area contributed by atoms with E-state index in [2.05, 4.69) is 42.2 Å². The van der Waals surface area contributed by atoms with E-state index < -0.39 is 77.0 Å². The van der Waals surface area contributed by atoms with Crippen LogP contribution in [0.5, 0.6) is 0 Å². The van der Waals surface area contributed by atoms with Crippen molar-refractivity contribution in [3.8, 4) is 0 Å². The Balaban J connectivity index is 1.22. The lowest BCUT2D eigenvalue weighted by molar-refractivity contribution is -0.0629. The fraction of sp³-hybridized carbons (Fsp3) is 0.524. The molecular weight excluding hydrogens is 665 g/mol. The van der Waals surface area contributed by atoms with Gasteiger partial charge in [0.05, 0.1) is 25.9 Å². The summed E-state index contributed by atoms with van der Waals surface area (Å²) in [5, 5.41) is 11.2. The third-order valence-corrected chi connectivity index (χ3v) is 10.5. The highest BCUT2D eigenvalue weighted by atomic mass is 32.7. The Labute approximate surface area is 256 Å². The van der Waals surface area contributed by atoms with Crippen LogP contribution in [0.2, 0.25) is 0 Å². The van der Waals surface area contributed by atoms with Crippen molar-refractivity contribution in [2.24, 2.45) is 0 Å². The van der Waals surface area contributed by atoms with Crippen LogP contribution in [-0.4, -0.2) is 101 Å². The molecule has 3 saturated heterocycles. The lowest BCUT2D eigenvalue weighted by Crippen LogP contribution is -2.35. The zero-order chi connectivity index (χ0) is 31.7. The molecule has 20 nitrogen and oxygen atoms in total. The van der Waals surface area contributed by atoms with Crippen molar-refractivity contribution < 1.29 is 50.7 Å². The van der Waals surface area contributed by atoms with E-state index in [1.165, 1.54) is 34.4 Å². The van der Waals surface area contributed by atoms with E-state index in [0.29, 0.717) is 0 Å². The number of aliphatic hydroxyl groups excluding tert-OH is 1. The molecule has 0 aromatic carbocycles. The molecule has 0 spiro atoms. The van der Waals surface area contributed by atoms with Gasteiger partial charge in [0.1, 0.15) is 54.2 Å². The fourth-order valence-electron chi connectivity index (χ4n) is 5.28. The first-order valence-corrected chi connectivity index (χ1v) is 17.3. The summed E-state index contributed by atoms with van der Waals surface area (Å²) in [5.41, 5.74) is 12.5. The predicted molar refractivity (Wildman–Crippen MR) is 151 cm³/mol. The molecule has 0 aliphatic carbocycles. The molecule has 2 bridgehead atoms. The summed E-state index contributed by atoms with van der Waals surface area (Å²) in [6.07, 6.45) is -7.11. The number of fused-ring (bicyclic) bond motifs is 5. The number of aliphatic hydroxyl groups is 1. The molecule has 5 N–H and O–H groups in total. The van der Waals surface area contributed by atoms with Gasteiger partial charge in [0.25, 0.3) is 0 Å². The number of phosphoric ester groups is 1. The number of aromatic nitrogens is 8. The van der Waals surface area contributed by atoms with Crippen molar-refractivity contribution in [1.82, 2.24) is 39.0 Å². The monoisotopic (exact) mass is 690 g/mol. The average Bonchev–Trinajstić information content (AvgIpc) is 3.77. The van der Waals surface area contributed by atoms with Crippen molar-refractivity contribution in [3.05, 3.63) is 25.3 Å². The summed E-state index contributed by atoms with van der Waals surface area (Å²) in [6, 6.07) is 0. The number of imidazole rings is 2. The van der Waals surface area contributed by atoms with Gasteiger partial charge in [0.15, 0.2) is 41.6 Å². The fourth-order valence-corrected chi connectivity index (χ4v) is 7.87. The summed E-state index contributed by atoms with van der Waals surface area (Å²) >= 11 is 4.08. The summed E-state index contributed by atoms with van der Waals surface area (Å²) < 4.78 is 85.0. The number of nitrogen functional groups attached to an aromatic ring is 2. The van der Waals surface area contributed by atoms with Crippen LogP contribution in [0.1, 0.15) is 12.5 Å². The average molecular weight is 691 g/mol. The zero-order valence-corrected chi connectivity index (χ0v) is 25.6. The van der Waals surface area contributed by atoms with Crippen LogP contribution in [0.25, 0.3) is 22.3 Å². The lowest BCUT2D eigenvalue weighted by Gasteiger charge is -2.26. The van der Waals surface area contributed by atoms with Gasteiger partial charge in [0, 0.05) is 7.11 Å².